The van der Waals surface area contributed by atoms with E-state index in [0.717, 1.165) is 44.5 Å². The summed E-state index contributed by atoms with van der Waals surface area (Å²) in [4.78, 5) is 54.2. The molecule has 19 heteroatoms. The summed E-state index contributed by atoms with van der Waals surface area (Å²) >= 11 is 0. The highest BCUT2D eigenvalue weighted by atomic mass is 16.6. The van der Waals surface area contributed by atoms with Gasteiger partial charge in [-0.2, -0.15) is 4.98 Å². The second-order valence-corrected chi connectivity index (χ2v) is 16.3. The largest absolute Gasteiger partial charge is 0.448 e. The van der Waals surface area contributed by atoms with Gasteiger partial charge in [0.2, 0.25) is 2.86 Å². The van der Waals surface area contributed by atoms with E-state index in [1.165, 1.54) is 43.7 Å². The Morgan fingerprint density at radius 2 is 1.16 bits per heavy atom. The maximum Gasteiger partial charge on any atom is 0.412 e. The molecule has 0 saturated carbocycles. The van der Waals surface area contributed by atoms with Gasteiger partial charge in [-0.05, 0) is 64.4 Å². The van der Waals surface area contributed by atoms with Gasteiger partial charge in [0.1, 0.15) is 37.8 Å². The molecule has 0 spiro atoms. The van der Waals surface area contributed by atoms with Gasteiger partial charge in [-0.25, -0.2) is 29.3 Å². The second kappa shape index (κ2) is 21.9. The number of aromatic nitrogens is 6. The van der Waals surface area contributed by atoms with Crippen LogP contribution in [0.1, 0.15) is 75.9 Å². The van der Waals surface area contributed by atoms with Crippen LogP contribution < -0.4 is 16.3 Å². The SMILES string of the molecule is [2H]C[C@H]1O[C@@H](n2ccc(NC(=O)OCC3c4ccccc4-c4ccccc43)nc2=O)C[C@H]1O.[2H]C[C@H]1O[C@@H](n2cnc3c(NC(=O)OCC4c5ccccc5-c5ccccc54)ncnc32)C[C@H]1O.[3H]OC.[3H]OC. The van der Waals surface area contributed by atoms with E-state index in [1.54, 1.807) is 4.57 Å². The third-order valence-electron chi connectivity index (χ3n) is 12.4. The van der Waals surface area contributed by atoms with Crippen LogP contribution in [-0.4, -0.2) is 116 Å². The Kier molecular flexibility index (Phi) is 13.7. The smallest absolute Gasteiger partial charge is 0.412 e. The van der Waals surface area contributed by atoms with Gasteiger partial charge >= 0.3 is 17.9 Å². The summed E-state index contributed by atoms with van der Waals surface area (Å²) in [5, 5.41) is 32.2. The standard InChI is InChI=1S/C25H23N5O4.C24H23N3O5.2CH4O/c1-14-20(31)10-21(34-14)30-13-28-22-23(26-12-27-24(22)30)29-25(32)33-11-19-17-8-4-2-6-15(17)16-7-3-5-9-18(16)19;1-14-20(28)12-22(32-14)27-11-10-21(25-23(27)29)26-24(30)31-13-19-17-8-4-2-6-15(17)16-7-3-5-9-18(16)19;2*1-2/h2-9,12-14,19-21,31H,10-11H2,1H3,(H,26,27,29,32);2-11,14,19-20,22,28H,12-13H2,1H3,(H,25,26,29,30);2*2H,1H3/t14-,20-,21-;14-,20-,22-;;/m11../s1/i2*1D;2*2T. The number of hydrogen-bond donors (Lipinski definition) is 6. The lowest BCUT2D eigenvalue weighted by Gasteiger charge is -2.15. The van der Waals surface area contributed by atoms with E-state index in [4.69, 9.17) is 24.6 Å². The summed E-state index contributed by atoms with van der Waals surface area (Å²) in [6.07, 6.45) is -0.436. The van der Waals surface area contributed by atoms with Gasteiger partial charge in [-0.15, -0.1) is 0 Å². The molecule has 6 N–H and O–H groups in total. The lowest BCUT2D eigenvalue weighted by atomic mass is 9.98. The summed E-state index contributed by atoms with van der Waals surface area (Å²) in [6, 6.07) is 33.9. The summed E-state index contributed by atoms with van der Waals surface area (Å²) in [5.41, 5.74) is 9.29. The van der Waals surface area contributed by atoms with Gasteiger partial charge in [-0.3, -0.25) is 19.8 Å². The molecular weight excluding hydrogens is 901 g/mol. The molecule has 4 aliphatic rings. The molecule has 11 rings (SSSR count). The van der Waals surface area contributed by atoms with E-state index in [1.807, 2.05) is 60.7 Å². The van der Waals surface area contributed by atoms with Crippen molar-refractivity contribution in [1.82, 2.24) is 29.1 Å². The number of imidazole rings is 1. The molecule has 70 heavy (non-hydrogen) atoms. The van der Waals surface area contributed by atoms with Crippen LogP contribution >= 0.6 is 0 Å². The van der Waals surface area contributed by atoms with Crippen LogP contribution in [0.3, 0.4) is 0 Å². The minimum Gasteiger partial charge on any atom is -0.448 e. The first kappa shape index (κ1) is 43.9. The van der Waals surface area contributed by atoms with Gasteiger partial charge in [0, 0.05) is 47.8 Å². The quantitative estimate of drug-likeness (QED) is 0.0971. The van der Waals surface area contributed by atoms with Crippen molar-refractivity contribution in [3.63, 3.8) is 0 Å². The average molecular weight is 961 g/mol. The number of carbonyl (C=O) groups is 2. The van der Waals surface area contributed by atoms with Crippen molar-refractivity contribution >= 4 is 35.0 Å². The number of aliphatic hydroxyl groups excluding tert-OH is 4. The van der Waals surface area contributed by atoms with Crippen molar-refractivity contribution in [3.8, 4) is 22.3 Å². The number of aliphatic hydroxyl groups is 4. The molecule has 7 aromatic rings. The Hall–Kier alpha value is -7.39. The molecule has 19 nitrogen and oxygen atoms in total. The first-order chi connectivity index (χ1) is 36.0. The number of anilines is 2. The fraction of sp³-hybridized carbons (Fsp3) is 0.314. The van der Waals surface area contributed by atoms with Crippen molar-refractivity contribution < 1.29 is 51.7 Å². The van der Waals surface area contributed by atoms with Gasteiger partial charge in [-0.1, -0.05) is 97.1 Å². The first-order valence-electron chi connectivity index (χ1n) is 24.5. The van der Waals surface area contributed by atoms with Gasteiger partial charge < -0.3 is 39.4 Å². The predicted molar refractivity (Wildman–Crippen MR) is 258 cm³/mol. The van der Waals surface area contributed by atoms with E-state index >= 15 is 0 Å². The van der Waals surface area contributed by atoms with Gasteiger partial charge in [0.15, 0.2) is 17.0 Å². The van der Waals surface area contributed by atoms with Crippen LogP contribution in [-0.2, 0) is 18.9 Å². The molecule has 4 aromatic carbocycles. The number of ether oxygens (including phenoxy) is 4. The van der Waals surface area contributed by atoms with Crippen molar-refractivity contribution in [2.24, 2.45) is 0 Å². The Morgan fingerprint density at radius 3 is 1.61 bits per heavy atom. The van der Waals surface area contributed by atoms with Crippen LogP contribution in [0.15, 0.2) is 127 Å². The molecule has 0 radical (unpaired) electrons. The highest BCUT2D eigenvalue weighted by molar-refractivity contribution is 5.93. The summed E-state index contributed by atoms with van der Waals surface area (Å²) < 4.78 is 51.6. The maximum absolute atomic E-state index is 12.7. The van der Waals surface area contributed by atoms with E-state index in [0.29, 0.717) is 17.6 Å². The highest BCUT2D eigenvalue weighted by Gasteiger charge is 2.35. The number of benzene rings is 4. The Labute approximate surface area is 408 Å². The molecule has 364 valence electrons. The van der Waals surface area contributed by atoms with Crippen molar-refractivity contribution in [2.75, 3.05) is 38.1 Å². The fourth-order valence-electron chi connectivity index (χ4n) is 9.10. The van der Waals surface area contributed by atoms with Crippen LogP contribution in [0.5, 0.6) is 0 Å². The Morgan fingerprint density at radius 1 is 0.700 bits per heavy atom. The molecule has 3 aromatic heterocycles. The Bertz CT molecular complexity index is 3020. The third kappa shape index (κ3) is 10.0. The van der Waals surface area contributed by atoms with Gasteiger partial charge in [0.05, 0.1) is 30.7 Å². The van der Waals surface area contributed by atoms with E-state index in [9.17, 15) is 24.6 Å². The minimum absolute atomic E-state index is 0.0339. The number of fused-ring (bicyclic) bond motifs is 7. The monoisotopic (exact) mass is 960 g/mol. The van der Waals surface area contributed by atoms with E-state index in [2.05, 4.69) is 77.2 Å². The Balaban J connectivity index is 0.000000179. The molecule has 2 saturated heterocycles. The van der Waals surface area contributed by atoms with Crippen LogP contribution in [0.4, 0.5) is 21.2 Å². The van der Waals surface area contributed by atoms with Crippen LogP contribution in [0.2, 0.25) is 0 Å². The minimum atomic E-state index is -0.807. The average Bonchev–Trinajstić information content (AvgIpc) is 4.24. The molecule has 6 atom stereocenters. The normalized spacial score (nSPS) is 21.3. The second-order valence-electron chi connectivity index (χ2n) is 16.3. The molecule has 5 heterocycles. The number of nitrogens with one attached hydrogen (secondary N) is 2. The van der Waals surface area contributed by atoms with Crippen molar-refractivity contribution in [3.05, 3.63) is 155 Å². The molecule has 2 amide bonds. The zero-order valence-corrected chi connectivity index (χ0v) is 38.2. The molecule has 0 bridgehead atoms. The molecule has 0 unspecified atom stereocenters. The maximum atomic E-state index is 12.7. The van der Waals surface area contributed by atoms with Crippen molar-refractivity contribution in [1.29, 1.82) is 2.86 Å². The van der Waals surface area contributed by atoms with Gasteiger partial charge in [0.25, 0.3) is 0 Å². The zero-order valence-electron chi connectivity index (χ0n) is 42.2. The number of amides is 2. The zero-order chi connectivity index (χ0) is 52.3. The number of hydrogen-bond acceptors (Lipinski definition) is 15. The van der Waals surface area contributed by atoms with E-state index in [-0.39, 0.29) is 56.9 Å². The topological polar surface area (TPSA) is 255 Å². The lowest BCUT2D eigenvalue weighted by Crippen LogP contribution is -2.28. The summed E-state index contributed by atoms with van der Waals surface area (Å²) in [5.74, 6) is 0.166. The van der Waals surface area contributed by atoms with E-state index < -0.39 is 54.7 Å². The number of rotatable bonds is 8. The molecule has 2 fully saturated rings. The predicted octanol–water partition coefficient (Wildman–Crippen LogP) is 6.35. The van der Waals surface area contributed by atoms with Crippen LogP contribution in [0, 0.1) is 0 Å². The first-order valence-corrected chi connectivity index (χ1v) is 22.3. The number of nitrogens with zero attached hydrogens (tertiary/aromatic N) is 6. The van der Waals surface area contributed by atoms with Crippen LogP contribution in [0.25, 0.3) is 33.4 Å². The third-order valence-corrected chi connectivity index (χ3v) is 12.4. The lowest BCUT2D eigenvalue weighted by molar-refractivity contribution is -0.0100. The molecule has 2 aliphatic heterocycles. The highest BCUT2D eigenvalue weighted by Crippen LogP contribution is 2.46. The summed E-state index contributed by atoms with van der Waals surface area (Å²) in [6.45, 7) is 0.208. The fourth-order valence-corrected chi connectivity index (χ4v) is 9.10. The number of carbonyl (C=O) groups excluding carboxylic acids is 2. The molecule has 2 aliphatic carbocycles. The van der Waals surface area contributed by atoms with Crippen molar-refractivity contribution in [2.45, 2.75) is 75.3 Å². The molecular formula is C51H54N8O11. The summed E-state index contributed by atoms with van der Waals surface area (Å²) in [7, 11) is 2.58.